The Hall–Kier alpha value is -1.13. The Balaban J connectivity index is 2.90. The third-order valence-electron chi connectivity index (χ3n) is 1.81. The second-order valence-electron chi connectivity index (χ2n) is 3.04. The SMILES string of the molecule is CC(N)c1cc(F)ccc1OCCO. The van der Waals surface area contributed by atoms with Crippen molar-refractivity contribution >= 4 is 0 Å². The van der Waals surface area contributed by atoms with E-state index in [1.807, 2.05) is 0 Å². The van der Waals surface area contributed by atoms with E-state index in [0.29, 0.717) is 11.3 Å². The summed E-state index contributed by atoms with van der Waals surface area (Å²) in [7, 11) is 0. The van der Waals surface area contributed by atoms with E-state index in [1.54, 1.807) is 6.92 Å². The van der Waals surface area contributed by atoms with Crippen molar-refractivity contribution in [2.24, 2.45) is 5.73 Å². The van der Waals surface area contributed by atoms with Gasteiger partial charge in [0.1, 0.15) is 18.2 Å². The number of halogens is 1. The van der Waals surface area contributed by atoms with Crippen molar-refractivity contribution < 1.29 is 14.2 Å². The van der Waals surface area contributed by atoms with Crippen molar-refractivity contribution in [2.75, 3.05) is 13.2 Å². The third kappa shape index (κ3) is 2.68. The van der Waals surface area contributed by atoms with Crippen molar-refractivity contribution in [3.8, 4) is 5.75 Å². The summed E-state index contributed by atoms with van der Waals surface area (Å²) in [5.74, 6) is 0.184. The molecule has 1 rings (SSSR count). The first kappa shape index (κ1) is 10.9. The van der Waals surface area contributed by atoms with Crippen LogP contribution in [0.2, 0.25) is 0 Å². The molecule has 1 aromatic rings. The zero-order valence-electron chi connectivity index (χ0n) is 8.03. The van der Waals surface area contributed by atoms with Crippen LogP contribution in [0.1, 0.15) is 18.5 Å². The highest BCUT2D eigenvalue weighted by Crippen LogP contribution is 2.24. The van der Waals surface area contributed by atoms with Gasteiger partial charge in [-0.2, -0.15) is 0 Å². The minimum absolute atomic E-state index is 0.0736. The fraction of sp³-hybridized carbons (Fsp3) is 0.400. The van der Waals surface area contributed by atoms with E-state index in [0.717, 1.165) is 0 Å². The monoisotopic (exact) mass is 199 g/mol. The normalized spacial score (nSPS) is 12.6. The predicted octanol–water partition coefficient (Wildman–Crippen LogP) is 1.22. The van der Waals surface area contributed by atoms with Gasteiger partial charge in [-0.1, -0.05) is 0 Å². The maximum atomic E-state index is 12.9. The van der Waals surface area contributed by atoms with Crippen LogP contribution in [0.15, 0.2) is 18.2 Å². The average molecular weight is 199 g/mol. The van der Waals surface area contributed by atoms with E-state index >= 15 is 0 Å². The van der Waals surface area contributed by atoms with Crippen LogP contribution in [0, 0.1) is 5.82 Å². The molecule has 3 N–H and O–H groups in total. The molecule has 1 atom stereocenters. The molecular formula is C10H14FNO2. The van der Waals surface area contributed by atoms with Gasteiger partial charge in [-0.25, -0.2) is 4.39 Å². The standard InChI is InChI=1S/C10H14FNO2/c1-7(12)9-6-8(11)2-3-10(9)14-5-4-13/h2-3,6-7,13H,4-5,12H2,1H3. The molecule has 0 saturated heterocycles. The van der Waals surface area contributed by atoms with Crippen molar-refractivity contribution in [1.82, 2.24) is 0 Å². The number of aliphatic hydroxyl groups excluding tert-OH is 1. The zero-order chi connectivity index (χ0) is 10.6. The first-order valence-corrected chi connectivity index (χ1v) is 4.44. The summed E-state index contributed by atoms with van der Waals surface area (Å²) in [4.78, 5) is 0. The number of ether oxygens (including phenoxy) is 1. The lowest BCUT2D eigenvalue weighted by molar-refractivity contribution is 0.199. The Morgan fingerprint density at radius 3 is 2.86 bits per heavy atom. The molecule has 3 nitrogen and oxygen atoms in total. The van der Waals surface area contributed by atoms with Gasteiger partial charge in [0.05, 0.1) is 6.61 Å². The molecule has 0 radical (unpaired) electrons. The Morgan fingerprint density at radius 1 is 1.57 bits per heavy atom. The molecular weight excluding hydrogens is 185 g/mol. The van der Waals surface area contributed by atoms with E-state index in [9.17, 15) is 4.39 Å². The average Bonchev–Trinajstić information content (AvgIpc) is 2.15. The summed E-state index contributed by atoms with van der Waals surface area (Å²) in [5.41, 5.74) is 6.26. The van der Waals surface area contributed by atoms with Gasteiger partial charge >= 0.3 is 0 Å². The van der Waals surface area contributed by atoms with Crippen LogP contribution in [0.5, 0.6) is 5.75 Å². The number of nitrogens with two attached hydrogens (primary N) is 1. The number of benzene rings is 1. The van der Waals surface area contributed by atoms with Gasteiger partial charge in [0, 0.05) is 11.6 Å². The molecule has 0 saturated carbocycles. The number of rotatable bonds is 4. The van der Waals surface area contributed by atoms with Crippen molar-refractivity contribution in [1.29, 1.82) is 0 Å². The first-order valence-electron chi connectivity index (χ1n) is 4.44. The Bertz CT molecular complexity index is 302. The molecule has 0 aliphatic rings. The quantitative estimate of drug-likeness (QED) is 0.766. The topological polar surface area (TPSA) is 55.5 Å². The van der Waals surface area contributed by atoms with Crippen LogP contribution < -0.4 is 10.5 Å². The van der Waals surface area contributed by atoms with Crippen LogP contribution in [0.4, 0.5) is 4.39 Å². The number of hydrogen-bond donors (Lipinski definition) is 2. The van der Waals surface area contributed by atoms with Crippen molar-refractivity contribution in [3.63, 3.8) is 0 Å². The largest absolute Gasteiger partial charge is 0.491 e. The second-order valence-corrected chi connectivity index (χ2v) is 3.04. The lowest BCUT2D eigenvalue weighted by Crippen LogP contribution is -2.10. The summed E-state index contributed by atoms with van der Waals surface area (Å²) in [6.45, 7) is 1.86. The highest BCUT2D eigenvalue weighted by atomic mass is 19.1. The molecule has 78 valence electrons. The number of aliphatic hydroxyl groups is 1. The van der Waals surface area contributed by atoms with Gasteiger partial charge in [-0.05, 0) is 25.1 Å². The Labute approximate surface area is 82.3 Å². The van der Waals surface area contributed by atoms with Crippen molar-refractivity contribution in [3.05, 3.63) is 29.6 Å². The van der Waals surface area contributed by atoms with Gasteiger partial charge < -0.3 is 15.6 Å². The molecule has 14 heavy (non-hydrogen) atoms. The molecule has 0 bridgehead atoms. The zero-order valence-corrected chi connectivity index (χ0v) is 8.03. The molecule has 0 amide bonds. The molecule has 4 heteroatoms. The van der Waals surface area contributed by atoms with E-state index in [-0.39, 0.29) is 25.1 Å². The fourth-order valence-electron chi connectivity index (χ4n) is 1.16. The van der Waals surface area contributed by atoms with E-state index in [4.69, 9.17) is 15.6 Å². The van der Waals surface area contributed by atoms with Crippen LogP contribution in [0.25, 0.3) is 0 Å². The van der Waals surface area contributed by atoms with E-state index in [2.05, 4.69) is 0 Å². The van der Waals surface area contributed by atoms with Gasteiger partial charge in [-0.15, -0.1) is 0 Å². The molecule has 1 aromatic carbocycles. The van der Waals surface area contributed by atoms with Gasteiger partial charge in [0.15, 0.2) is 0 Å². The highest BCUT2D eigenvalue weighted by molar-refractivity contribution is 5.36. The van der Waals surface area contributed by atoms with E-state index < -0.39 is 0 Å². The first-order chi connectivity index (χ1) is 6.65. The van der Waals surface area contributed by atoms with Gasteiger partial charge in [0.2, 0.25) is 0 Å². The van der Waals surface area contributed by atoms with E-state index in [1.165, 1.54) is 18.2 Å². The molecule has 1 unspecified atom stereocenters. The molecule has 0 fully saturated rings. The van der Waals surface area contributed by atoms with Crippen molar-refractivity contribution in [2.45, 2.75) is 13.0 Å². The molecule has 0 spiro atoms. The van der Waals surface area contributed by atoms with Crippen LogP contribution in [-0.4, -0.2) is 18.3 Å². The molecule has 0 heterocycles. The smallest absolute Gasteiger partial charge is 0.124 e. The summed E-state index contributed by atoms with van der Waals surface area (Å²) >= 11 is 0. The maximum Gasteiger partial charge on any atom is 0.124 e. The highest BCUT2D eigenvalue weighted by Gasteiger charge is 2.08. The van der Waals surface area contributed by atoms with Crippen LogP contribution in [0.3, 0.4) is 0 Å². The summed E-state index contributed by atoms with van der Waals surface area (Å²) < 4.78 is 18.1. The summed E-state index contributed by atoms with van der Waals surface area (Å²) in [5, 5.41) is 8.58. The lowest BCUT2D eigenvalue weighted by atomic mass is 10.1. The minimum Gasteiger partial charge on any atom is -0.491 e. The second kappa shape index (κ2) is 4.93. The third-order valence-corrected chi connectivity index (χ3v) is 1.81. The number of hydrogen-bond acceptors (Lipinski definition) is 3. The molecule has 0 aliphatic heterocycles. The minimum atomic E-state index is -0.339. The summed E-state index contributed by atoms with van der Waals surface area (Å²) in [6.07, 6.45) is 0. The molecule has 0 aliphatic carbocycles. The van der Waals surface area contributed by atoms with Crippen LogP contribution >= 0.6 is 0 Å². The van der Waals surface area contributed by atoms with Gasteiger partial charge in [-0.3, -0.25) is 0 Å². The Kier molecular flexibility index (Phi) is 3.85. The van der Waals surface area contributed by atoms with Crippen LogP contribution in [-0.2, 0) is 0 Å². The molecule has 0 aromatic heterocycles. The predicted molar refractivity (Wildman–Crippen MR) is 51.6 cm³/mol. The maximum absolute atomic E-state index is 12.9. The lowest BCUT2D eigenvalue weighted by Gasteiger charge is -2.13. The van der Waals surface area contributed by atoms with Gasteiger partial charge in [0.25, 0.3) is 0 Å². The fourth-order valence-corrected chi connectivity index (χ4v) is 1.16. The summed E-state index contributed by atoms with van der Waals surface area (Å²) in [6, 6.07) is 3.87. The Morgan fingerprint density at radius 2 is 2.29 bits per heavy atom.